The normalized spacial score (nSPS) is 12.7. The van der Waals surface area contributed by atoms with E-state index in [1.54, 1.807) is 13.8 Å². The number of hydrogen-bond donors (Lipinski definition) is 0. The standard InChI is InChI=1S/C11H17N5O3S/c1-5-20-11(17)9(14-19-8(2)3)10(15-18-4)16-7-12-6-13-16/h6-8H,5H2,1-4H3. The van der Waals surface area contributed by atoms with Crippen LogP contribution in [0.4, 0.5) is 0 Å². The third kappa shape index (κ3) is 4.65. The van der Waals surface area contributed by atoms with Crippen LogP contribution < -0.4 is 0 Å². The largest absolute Gasteiger partial charge is 0.397 e. The molecule has 9 heteroatoms. The van der Waals surface area contributed by atoms with Crippen LogP contribution in [0, 0.1) is 0 Å². The van der Waals surface area contributed by atoms with Gasteiger partial charge in [0.15, 0.2) is 0 Å². The van der Waals surface area contributed by atoms with Crippen LogP contribution in [0.15, 0.2) is 23.0 Å². The summed E-state index contributed by atoms with van der Waals surface area (Å²) in [4.78, 5) is 25.8. The molecule has 0 aliphatic heterocycles. The molecular weight excluding hydrogens is 282 g/mol. The molecule has 0 radical (unpaired) electrons. The highest BCUT2D eigenvalue weighted by atomic mass is 32.2. The molecule has 110 valence electrons. The van der Waals surface area contributed by atoms with Gasteiger partial charge in [-0.3, -0.25) is 4.79 Å². The smallest absolute Gasteiger partial charge is 0.245 e. The van der Waals surface area contributed by atoms with Gasteiger partial charge >= 0.3 is 0 Å². The summed E-state index contributed by atoms with van der Waals surface area (Å²) < 4.78 is 1.29. The van der Waals surface area contributed by atoms with Crippen LogP contribution in [0.1, 0.15) is 20.8 Å². The van der Waals surface area contributed by atoms with Crippen LogP contribution in [0.5, 0.6) is 0 Å². The first-order valence-electron chi connectivity index (χ1n) is 5.97. The second-order valence-electron chi connectivity index (χ2n) is 3.75. The number of thioether (sulfide) groups is 1. The molecule has 0 bridgehead atoms. The second kappa shape index (κ2) is 8.31. The summed E-state index contributed by atoms with van der Waals surface area (Å²) in [6.45, 7) is 5.48. The van der Waals surface area contributed by atoms with E-state index in [1.165, 1.54) is 24.4 Å². The highest BCUT2D eigenvalue weighted by Crippen LogP contribution is 2.07. The number of carbonyl (C=O) groups is 1. The molecule has 0 N–H and O–H groups in total. The fraction of sp³-hybridized carbons (Fsp3) is 0.545. The van der Waals surface area contributed by atoms with Crippen molar-refractivity contribution in [2.24, 2.45) is 10.3 Å². The average Bonchev–Trinajstić information content (AvgIpc) is 2.91. The number of hydrogen-bond acceptors (Lipinski definition) is 8. The SMILES string of the molecule is CCSC(=O)C(=NOC(C)C)C(=NOC)n1cncn1. The second-order valence-corrected chi connectivity index (χ2v) is 4.99. The van der Waals surface area contributed by atoms with Crippen molar-refractivity contribution in [3.8, 4) is 0 Å². The van der Waals surface area contributed by atoms with Crippen molar-refractivity contribution in [1.29, 1.82) is 0 Å². The van der Waals surface area contributed by atoms with Crippen LogP contribution in [-0.4, -0.2) is 50.4 Å². The van der Waals surface area contributed by atoms with Crippen molar-refractivity contribution < 1.29 is 14.5 Å². The Hall–Kier alpha value is -1.90. The Morgan fingerprint density at radius 1 is 1.45 bits per heavy atom. The molecule has 8 nitrogen and oxygen atoms in total. The van der Waals surface area contributed by atoms with E-state index >= 15 is 0 Å². The van der Waals surface area contributed by atoms with Gasteiger partial charge in [0.2, 0.25) is 16.7 Å². The summed E-state index contributed by atoms with van der Waals surface area (Å²) in [6.07, 6.45) is 2.56. The number of rotatable bonds is 6. The van der Waals surface area contributed by atoms with Crippen molar-refractivity contribution in [3.05, 3.63) is 12.7 Å². The van der Waals surface area contributed by atoms with E-state index in [2.05, 4.69) is 20.4 Å². The molecule has 0 spiro atoms. The van der Waals surface area contributed by atoms with Gasteiger partial charge in [0, 0.05) is 0 Å². The Balaban J connectivity index is 3.15. The lowest BCUT2D eigenvalue weighted by molar-refractivity contribution is -0.105. The fourth-order valence-electron chi connectivity index (χ4n) is 1.12. The lowest BCUT2D eigenvalue weighted by Crippen LogP contribution is -2.30. The van der Waals surface area contributed by atoms with E-state index in [0.29, 0.717) is 5.75 Å². The maximum absolute atomic E-state index is 12.1. The van der Waals surface area contributed by atoms with Crippen LogP contribution in [-0.2, 0) is 14.5 Å². The summed E-state index contributed by atoms with van der Waals surface area (Å²) in [5.74, 6) is 0.730. The highest BCUT2D eigenvalue weighted by Gasteiger charge is 2.23. The molecule has 1 rings (SSSR count). The quantitative estimate of drug-likeness (QED) is 0.444. The zero-order chi connectivity index (χ0) is 15.0. The summed E-state index contributed by atoms with van der Waals surface area (Å²) in [5, 5.41) is 11.3. The van der Waals surface area contributed by atoms with Gasteiger partial charge in [0.05, 0.1) is 0 Å². The monoisotopic (exact) mass is 299 g/mol. The van der Waals surface area contributed by atoms with Crippen molar-refractivity contribution in [1.82, 2.24) is 14.8 Å². The topological polar surface area (TPSA) is 91.0 Å². The maximum Gasteiger partial charge on any atom is 0.245 e. The van der Waals surface area contributed by atoms with E-state index in [4.69, 9.17) is 9.68 Å². The van der Waals surface area contributed by atoms with Gasteiger partial charge in [-0.15, -0.1) is 0 Å². The Morgan fingerprint density at radius 3 is 2.70 bits per heavy atom. The minimum absolute atomic E-state index is 0.0258. The zero-order valence-electron chi connectivity index (χ0n) is 11.8. The first-order chi connectivity index (χ1) is 9.60. The van der Waals surface area contributed by atoms with Gasteiger partial charge in [-0.25, -0.2) is 4.98 Å². The Morgan fingerprint density at radius 2 is 2.20 bits per heavy atom. The molecule has 0 aliphatic rings. The number of oxime groups is 2. The number of nitrogens with zero attached hydrogens (tertiary/aromatic N) is 5. The third-order valence-corrected chi connectivity index (χ3v) is 2.59. The predicted octanol–water partition coefficient (Wildman–Crippen LogP) is 1.15. The minimum atomic E-state index is -0.278. The zero-order valence-corrected chi connectivity index (χ0v) is 12.6. The number of carbonyl (C=O) groups excluding carboxylic acids is 1. The van der Waals surface area contributed by atoms with Gasteiger partial charge in [-0.2, -0.15) is 9.78 Å². The maximum atomic E-state index is 12.1. The molecule has 0 atom stereocenters. The van der Waals surface area contributed by atoms with Crippen LogP contribution in [0.3, 0.4) is 0 Å². The van der Waals surface area contributed by atoms with Crippen molar-refractivity contribution in [2.75, 3.05) is 12.9 Å². The van der Waals surface area contributed by atoms with E-state index in [-0.39, 0.29) is 22.8 Å². The average molecular weight is 299 g/mol. The Kier molecular flexibility index (Phi) is 6.71. The van der Waals surface area contributed by atoms with Gasteiger partial charge < -0.3 is 9.68 Å². The van der Waals surface area contributed by atoms with Gasteiger partial charge in [-0.05, 0) is 19.6 Å². The van der Waals surface area contributed by atoms with Crippen molar-refractivity contribution >= 4 is 28.4 Å². The highest BCUT2D eigenvalue weighted by molar-refractivity contribution is 8.15. The van der Waals surface area contributed by atoms with Crippen molar-refractivity contribution in [2.45, 2.75) is 26.9 Å². The van der Waals surface area contributed by atoms with Gasteiger partial charge in [0.1, 0.15) is 25.9 Å². The van der Waals surface area contributed by atoms with E-state index in [0.717, 1.165) is 11.8 Å². The van der Waals surface area contributed by atoms with Crippen LogP contribution in [0.2, 0.25) is 0 Å². The predicted molar refractivity (Wildman–Crippen MR) is 76.7 cm³/mol. The van der Waals surface area contributed by atoms with Crippen LogP contribution in [0.25, 0.3) is 0 Å². The number of aromatic nitrogens is 3. The molecule has 0 aliphatic carbocycles. The third-order valence-electron chi connectivity index (χ3n) is 1.85. The summed E-state index contributed by atoms with van der Waals surface area (Å²) in [7, 11) is 1.37. The summed E-state index contributed by atoms with van der Waals surface area (Å²) in [6, 6.07) is 0. The molecule has 0 saturated carbocycles. The molecule has 0 aromatic carbocycles. The van der Waals surface area contributed by atoms with E-state index in [9.17, 15) is 4.79 Å². The first-order valence-corrected chi connectivity index (χ1v) is 6.96. The molecular formula is C11H17N5O3S. The molecule has 1 heterocycles. The summed E-state index contributed by atoms with van der Waals surface area (Å²) in [5.41, 5.74) is 0.0258. The first kappa shape index (κ1) is 16.2. The lowest BCUT2D eigenvalue weighted by atomic mass is 10.4. The van der Waals surface area contributed by atoms with E-state index in [1.807, 2.05) is 6.92 Å². The van der Waals surface area contributed by atoms with E-state index < -0.39 is 0 Å². The molecule has 1 aromatic heterocycles. The molecule has 0 unspecified atom stereocenters. The minimum Gasteiger partial charge on any atom is -0.397 e. The lowest BCUT2D eigenvalue weighted by Gasteiger charge is -2.08. The Labute approximate surface area is 121 Å². The molecule has 1 aromatic rings. The Bertz CT molecular complexity index is 484. The molecule has 0 amide bonds. The summed E-state index contributed by atoms with van der Waals surface area (Å²) >= 11 is 1.09. The van der Waals surface area contributed by atoms with Gasteiger partial charge in [0.25, 0.3) is 0 Å². The molecule has 0 saturated heterocycles. The van der Waals surface area contributed by atoms with Crippen molar-refractivity contribution in [3.63, 3.8) is 0 Å². The molecule has 20 heavy (non-hydrogen) atoms. The van der Waals surface area contributed by atoms with Crippen LogP contribution >= 0.6 is 11.8 Å². The fourth-order valence-corrected chi connectivity index (χ4v) is 1.65. The molecule has 0 fully saturated rings. The van der Waals surface area contributed by atoms with Gasteiger partial charge in [-0.1, -0.05) is 29.0 Å².